The zero-order valence-electron chi connectivity index (χ0n) is 14.6. The smallest absolute Gasteiger partial charge is 0.314 e. The average molecular weight is 473 g/mol. The van der Waals surface area contributed by atoms with Crippen LogP contribution >= 0.6 is 0 Å². The van der Waals surface area contributed by atoms with Crippen LogP contribution in [0.25, 0.3) is 0 Å². The molecule has 0 aromatic heterocycles. The summed E-state index contributed by atoms with van der Waals surface area (Å²) in [6.45, 7) is 22.5. The van der Waals surface area contributed by atoms with Gasteiger partial charge in [-0.2, -0.15) is 0 Å². The second-order valence-electron chi connectivity index (χ2n) is 7.24. The molecule has 0 aromatic carbocycles. The Kier molecular flexibility index (Phi) is 7.27. The molecule has 1 heterocycles. The molecule has 0 atom stereocenters. The van der Waals surface area contributed by atoms with Gasteiger partial charge in [0.15, 0.2) is 8.56 Å². The molecule has 0 bridgehead atoms. The molecule has 11 heteroatoms. The van der Waals surface area contributed by atoms with E-state index in [2.05, 4.69) is 32.7 Å². The summed E-state index contributed by atoms with van der Waals surface area (Å²) < 4.78 is 31.2. The summed E-state index contributed by atoms with van der Waals surface area (Å²) >= 11 is 0. The number of hydrogen-bond donors (Lipinski definition) is 0. The quantitative estimate of drug-likeness (QED) is 0.400. The fourth-order valence-electron chi connectivity index (χ4n) is 2.92. The van der Waals surface area contributed by atoms with Crippen LogP contribution in [-0.4, -0.2) is 42.8 Å². The molecule has 0 unspecified atom stereocenters. The van der Waals surface area contributed by atoms with Gasteiger partial charge >= 0.3 is 34.2 Å². The minimum absolute atomic E-state index is 0. The molecule has 0 aromatic rings. The van der Waals surface area contributed by atoms with Crippen LogP contribution in [0, 0.1) is 6.55 Å². The van der Waals surface area contributed by atoms with E-state index in [1.807, 2.05) is 32.7 Å². The van der Waals surface area contributed by atoms with Crippen LogP contribution in [0.5, 0.6) is 0 Å². The van der Waals surface area contributed by atoms with Crippen molar-refractivity contribution < 1.29 is 40.1 Å². The molecule has 5 nitrogen and oxygen atoms in total. The Morgan fingerprint density at radius 3 is 0.905 bits per heavy atom. The molecule has 0 amide bonds. The van der Waals surface area contributed by atoms with Gasteiger partial charge in [0.1, 0.15) is 0 Å². The zero-order chi connectivity index (χ0) is 16.0. The third-order valence-electron chi connectivity index (χ3n) is 2.40. The van der Waals surface area contributed by atoms with Crippen LogP contribution < -0.4 is 0 Å². The van der Waals surface area contributed by atoms with Gasteiger partial charge in [-0.05, 0) is 58.9 Å². The summed E-state index contributed by atoms with van der Waals surface area (Å²) in [6.07, 6.45) is 0. The minimum Gasteiger partial charge on any atom is -0.438 e. The van der Waals surface area contributed by atoms with E-state index in [0.717, 1.165) is 0 Å². The van der Waals surface area contributed by atoms with Crippen molar-refractivity contribution in [3.63, 3.8) is 0 Å². The van der Waals surface area contributed by atoms with Gasteiger partial charge < -0.3 is 20.6 Å². The standard InChI is InChI=1S/C10H29O5Si5.Rh/c1-16(2)11-17(3,4)13-19(7,8)15-20(9,10)14-18(5,6)12-16;/h1H2,2-10H3;/q-1;. The van der Waals surface area contributed by atoms with Crippen molar-refractivity contribution >= 4 is 42.8 Å². The fraction of sp³-hybridized carbons (Fsp3) is 0.900. The first-order chi connectivity index (χ1) is 8.54. The Balaban J connectivity index is 0.00000400. The molecule has 0 saturated carbocycles. The van der Waals surface area contributed by atoms with E-state index in [1.165, 1.54) is 0 Å². The van der Waals surface area contributed by atoms with Crippen molar-refractivity contribution in [1.82, 2.24) is 0 Å². The SMILES string of the molecule is [CH2-][Si]1(C)O[Si](C)(C)O[Si](C)(C)O[Si](C)(C)O[Si](C)(C)O1.[Rh]. The van der Waals surface area contributed by atoms with Crippen LogP contribution in [0.4, 0.5) is 0 Å². The summed E-state index contributed by atoms with van der Waals surface area (Å²) in [6, 6.07) is 0. The predicted molar refractivity (Wildman–Crippen MR) is 92.3 cm³/mol. The van der Waals surface area contributed by atoms with Gasteiger partial charge in [-0.15, -0.1) is 0 Å². The van der Waals surface area contributed by atoms with Crippen LogP contribution in [0.15, 0.2) is 0 Å². The largest absolute Gasteiger partial charge is 0.438 e. The topological polar surface area (TPSA) is 46.2 Å². The molecular weight excluding hydrogens is 443 g/mol. The average Bonchev–Trinajstić information content (AvgIpc) is 1.84. The summed E-state index contributed by atoms with van der Waals surface area (Å²) in [7, 11) is -11.7. The van der Waals surface area contributed by atoms with Crippen LogP contribution in [-0.2, 0) is 40.1 Å². The van der Waals surface area contributed by atoms with E-state index in [0.29, 0.717) is 0 Å². The Morgan fingerprint density at radius 1 is 0.476 bits per heavy atom. The summed E-state index contributed by atoms with van der Waals surface area (Å²) in [5.74, 6) is 0. The maximum Gasteiger partial charge on any atom is 0.314 e. The van der Waals surface area contributed by atoms with Gasteiger partial charge in [-0.25, -0.2) is 0 Å². The van der Waals surface area contributed by atoms with Gasteiger partial charge in [0.2, 0.25) is 0 Å². The van der Waals surface area contributed by atoms with Crippen LogP contribution in [0.1, 0.15) is 0 Å². The third-order valence-corrected chi connectivity index (χ3v) is 21.6. The van der Waals surface area contributed by atoms with Crippen molar-refractivity contribution in [2.24, 2.45) is 0 Å². The summed E-state index contributed by atoms with van der Waals surface area (Å²) in [5.41, 5.74) is 0. The first-order valence-electron chi connectivity index (χ1n) is 6.89. The minimum atomic E-state index is -2.51. The number of rotatable bonds is 0. The van der Waals surface area contributed by atoms with Crippen molar-refractivity contribution in [1.29, 1.82) is 0 Å². The molecule has 1 rings (SSSR count). The Hall–Kier alpha value is 1.51. The van der Waals surface area contributed by atoms with Crippen molar-refractivity contribution in [2.45, 2.75) is 58.9 Å². The molecule has 0 aliphatic carbocycles. The van der Waals surface area contributed by atoms with E-state index in [9.17, 15) is 0 Å². The molecule has 1 aliphatic heterocycles. The predicted octanol–water partition coefficient (Wildman–Crippen LogP) is 3.33. The van der Waals surface area contributed by atoms with Gasteiger partial charge in [-0.3, -0.25) is 6.55 Å². The third kappa shape index (κ3) is 8.24. The van der Waals surface area contributed by atoms with Crippen LogP contribution in [0.3, 0.4) is 0 Å². The zero-order valence-corrected chi connectivity index (χ0v) is 21.2. The van der Waals surface area contributed by atoms with Gasteiger partial charge in [0, 0.05) is 19.5 Å². The molecule has 129 valence electrons. The molecule has 1 aliphatic rings. The summed E-state index contributed by atoms with van der Waals surface area (Å²) in [4.78, 5) is 0. The Bertz CT molecular complexity index is 274. The van der Waals surface area contributed by atoms with E-state index in [1.54, 1.807) is 0 Å². The maximum absolute atomic E-state index is 6.28. The van der Waals surface area contributed by atoms with E-state index >= 15 is 0 Å². The Morgan fingerprint density at radius 2 is 0.667 bits per heavy atom. The maximum atomic E-state index is 6.28. The fourth-order valence-corrected chi connectivity index (χ4v) is 28.2. The van der Waals surface area contributed by atoms with E-state index in [-0.39, 0.29) is 19.5 Å². The van der Waals surface area contributed by atoms with Crippen molar-refractivity contribution in [3.05, 3.63) is 6.55 Å². The molecule has 1 radical (unpaired) electrons. The van der Waals surface area contributed by atoms with Crippen molar-refractivity contribution in [2.75, 3.05) is 0 Å². The molecule has 1 fully saturated rings. The van der Waals surface area contributed by atoms with E-state index < -0.39 is 42.8 Å². The molecule has 1 saturated heterocycles. The van der Waals surface area contributed by atoms with Crippen LogP contribution in [0.2, 0.25) is 58.9 Å². The van der Waals surface area contributed by atoms with Gasteiger partial charge in [-0.1, -0.05) is 0 Å². The molecule has 0 N–H and O–H groups in total. The Labute approximate surface area is 148 Å². The molecule has 21 heavy (non-hydrogen) atoms. The van der Waals surface area contributed by atoms with Crippen molar-refractivity contribution in [3.8, 4) is 0 Å². The normalized spacial score (nSPS) is 30.0. The number of hydrogen-bond acceptors (Lipinski definition) is 5. The van der Waals surface area contributed by atoms with Gasteiger partial charge in [0.25, 0.3) is 0 Å². The molecular formula is C10H29O5RhSi5-. The molecule has 0 spiro atoms. The second-order valence-corrected chi connectivity index (χ2v) is 24.8. The first-order valence-corrected chi connectivity index (χ1v) is 20.7. The second kappa shape index (κ2) is 6.79. The van der Waals surface area contributed by atoms with E-state index in [4.69, 9.17) is 20.6 Å². The monoisotopic (exact) mass is 472 g/mol. The first kappa shape index (κ1) is 22.5. The summed E-state index contributed by atoms with van der Waals surface area (Å²) in [5, 5.41) is 0. The van der Waals surface area contributed by atoms with Gasteiger partial charge in [0.05, 0.1) is 0 Å².